The lowest BCUT2D eigenvalue weighted by Gasteiger charge is -2.12. The van der Waals surface area contributed by atoms with E-state index in [2.05, 4.69) is 48.1 Å². The first kappa shape index (κ1) is 15.5. The van der Waals surface area contributed by atoms with Crippen molar-refractivity contribution < 1.29 is 0 Å². The third-order valence-corrected chi connectivity index (χ3v) is 4.28. The minimum atomic E-state index is 0.382. The van der Waals surface area contributed by atoms with Crippen LogP contribution < -0.4 is 5.32 Å². The third-order valence-electron chi connectivity index (χ3n) is 4.28. The van der Waals surface area contributed by atoms with Crippen molar-refractivity contribution in [2.45, 2.75) is 53.0 Å². The molecule has 0 aromatic carbocycles. The highest BCUT2D eigenvalue weighted by atomic mass is 15.3. The maximum absolute atomic E-state index is 4.69. The van der Waals surface area contributed by atoms with Gasteiger partial charge in [-0.05, 0) is 32.8 Å². The van der Waals surface area contributed by atoms with Crippen molar-refractivity contribution in [2.75, 3.05) is 5.32 Å². The van der Waals surface area contributed by atoms with Crippen LogP contribution in [0.1, 0.15) is 51.0 Å². The Labute approximate surface area is 136 Å². The molecule has 0 aliphatic heterocycles. The number of aromatic nitrogens is 5. The minimum absolute atomic E-state index is 0.382. The van der Waals surface area contributed by atoms with Gasteiger partial charge in [0.05, 0.1) is 23.3 Å². The SMILES string of the molecule is CCCc1nc(Nc2cnn([C@H](C)CC)c2C)nc2[nH]ccc12. The second kappa shape index (κ2) is 6.40. The number of rotatable bonds is 6. The molecule has 2 N–H and O–H groups in total. The van der Waals surface area contributed by atoms with Crippen molar-refractivity contribution >= 4 is 22.7 Å². The zero-order chi connectivity index (χ0) is 16.4. The lowest BCUT2D eigenvalue weighted by Crippen LogP contribution is -2.08. The summed E-state index contributed by atoms with van der Waals surface area (Å²) in [5, 5.41) is 8.91. The summed E-state index contributed by atoms with van der Waals surface area (Å²) in [7, 11) is 0. The van der Waals surface area contributed by atoms with Crippen LogP contribution in [0.5, 0.6) is 0 Å². The van der Waals surface area contributed by atoms with E-state index in [0.29, 0.717) is 12.0 Å². The van der Waals surface area contributed by atoms with E-state index >= 15 is 0 Å². The maximum Gasteiger partial charge on any atom is 0.229 e. The Balaban J connectivity index is 1.94. The Morgan fingerprint density at radius 3 is 2.87 bits per heavy atom. The molecule has 23 heavy (non-hydrogen) atoms. The number of nitrogens with zero attached hydrogens (tertiary/aromatic N) is 4. The number of hydrogen-bond donors (Lipinski definition) is 2. The fourth-order valence-corrected chi connectivity index (χ4v) is 2.77. The molecule has 3 aromatic rings. The third kappa shape index (κ3) is 2.93. The molecule has 0 fully saturated rings. The number of aromatic amines is 1. The average molecular weight is 312 g/mol. The van der Waals surface area contributed by atoms with Gasteiger partial charge in [-0.25, -0.2) is 4.98 Å². The van der Waals surface area contributed by atoms with Crippen LogP contribution in [0.3, 0.4) is 0 Å². The van der Waals surface area contributed by atoms with E-state index in [9.17, 15) is 0 Å². The molecule has 3 rings (SSSR count). The molecule has 0 radical (unpaired) electrons. The smallest absolute Gasteiger partial charge is 0.229 e. The molecule has 6 heteroatoms. The van der Waals surface area contributed by atoms with E-state index < -0.39 is 0 Å². The molecule has 122 valence electrons. The molecular formula is C17H24N6. The molecule has 0 amide bonds. The normalized spacial score (nSPS) is 12.7. The summed E-state index contributed by atoms with van der Waals surface area (Å²) in [5.74, 6) is 0.621. The lowest BCUT2D eigenvalue weighted by atomic mass is 10.2. The molecule has 0 bridgehead atoms. The predicted molar refractivity (Wildman–Crippen MR) is 93.1 cm³/mol. The van der Waals surface area contributed by atoms with E-state index in [0.717, 1.165) is 47.4 Å². The Morgan fingerprint density at radius 1 is 1.30 bits per heavy atom. The van der Waals surface area contributed by atoms with E-state index in [1.807, 2.05) is 23.1 Å². The van der Waals surface area contributed by atoms with Crippen molar-refractivity contribution in [3.63, 3.8) is 0 Å². The van der Waals surface area contributed by atoms with E-state index in [1.54, 1.807) is 0 Å². The van der Waals surface area contributed by atoms with Crippen LogP contribution in [0.25, 0.3) is 11.0 Å². The Kier molecular flexibility index (Phi) is 4.32. The Morgan fingerprint density at radius 2 is 2.13 bits per heavy atom. The summed E-state index contributed by atoms with van der Waals surface area (Å²) in [4.78, 5) is 12.4. The molecule has 0 saturated carbocycles. The standard InChI is InChI=1S/C17H24N6/c1-5-7-14-13-8-9-18-16(13)22-17(20-14)21-15-10-19-23(12(15)4)11(3)6-2/h8-11H,5-7H2,1-4H3,(H2,18,20,21,22)/t11-/m1/s1. The van der Waals surface area contributed by atoms with Gasteiger partial charge in [-0.2, -0.15) is 10.1 Å². The highest BCUT2D eigenvalue weighted by Crippen LogP contribution is 2.24. The second-order valence-electron chi connectivity index (χ2n) is 5.95. The van der Waals surface area contributed by atoms with E-state index in [4.69, 9.17) is 4.98 Å². The fourth-order valence-electron chi connectivity index (χ4n) is 2.77. The first-order chi connectivity index (χ1) is 11.1. The largest absolute Gasteiger partial charge is 0.346 e. The van der Waals surface area contributed by atoms with Gasteiger partial charge in [-0.1, -0.05) is 20.3 Å². The van der Waals surface area contributed by atoms with Crippen LogP contribution >= 0.6 is 0 Å². The highest BCUT2D eigenvalue weighted by Gasteiger charge is 2.13. The minimum Gasteiger partial charge on any atom is -0.346 e. The molecule has 0 aliphatic carbocycles. The number of H-pyrrole nitrogens is 1. The quantitative estimate of drug-likeness (QED) is 0.718. The summed E-state index contributed by atoms with van der Waals surface area (Å²) >= 11 is 0. The monoisotopic (exact) mass is 312 g/mol. The first-order valence-electron chi connectivity index (χ1n) is 8.29. The highest BCUT2D eigenvalue weighted by molar-refractivity contribution is 5.79. The van der Waals surface area contributed by atoms with Crippen molar-refractivity contribution in [1.82, 2.24) is 24.7 Å². The van der Waals surface area contributed by atoms with Gasteiger partial charge in [0.25, 0.3) is 0 Å². The Bertz CT molecular complexity index is 801. The summed E-state index contributed by atoms with van der Waals surface area (Å²) < 4.78 is 2.04. The molecule has 0 saturated heterocycles. The topological polar surface area (TPSA) is 71.4 Å². The summed E-state index contributed by atoms with van der Waals surface area (Å²) in [6.45, 7) is 8.57. The van der Waals surface area contributed by atoms with Gasteiger partial charge in [0, 0.05) is 17.6 Å². The van der Waals surface area contributed by atoms with E-state index in [1.165, 1.54) is 0 Å². The molecule has 3 aromatic heterocycles. The molecule has 0 aliphatic rings. The maximum atomic E-state index is 4.69. The van der Waals surface area contributed by atoms with Gasteiger partial charge in [-0.15, -0.1) is 0 Å². The average Bonchev–Trinajstić information content (AvgIpc) is 3.15. The lowest BCUT2D eigenvalue weighted by molar-refractivity contribution is 0.468. The van der Waals surface area contributed by atoms with Gasteiger partial charge in [-0.3, -0.25) is 4.68 Å². The predicted octanol–water partition coefficient (Wildman–Crippen LogP) is 4.13. The van der Waals surface area contributed by atoms with Gasteiger partial charge < -0.3 is 10.3 Å². The summed E-state index contributed by atoms with van der Waals surface area (Å²) in [6, 6.07) is 2.42. The first-order valence-corrected chi connectivity index (χ1v) is 8.29. The van der Waals surface area contributed by atoms with Crippen LogP contribution in [0.2, 0.25) is 0 Å². The molecule has 3 heterocycles. The van der Waals surface area contributed by atoms with Gasteiger partial charge in [0.2, 0.25) is 5.95 Å². The summed E-state index contributed by atoms with van der Waals surface area (Å²) in [6.07, 6.45) is 6.81. The molecule has 0 unspecified atom stereocenters. The van der Waals surface area contributed by atoms with Crippen molar-refractivity contribution in [2.24, 2.45) is 0 Å². The number of nitrogens with one attached hydrogen (secondary N) is 2. The Hall–Kier alpha value is -2.37. The van der Waals surface area contributed by atoms with E-state index in [-0.39, 0.29) is 0 Å². The zero-order valence-corrected chi connectivity index (χ0v) is 14.2. The fraction of sp³-hybridized carbons (Fsp3) is 0.471. The van der Waals surface area contributed by atoms with Gasteiger partial charge in [0.1, 0.15) is 5.65 Å². The van der Waals surface area contributed by atoms with Crippen molar-refractivity contribution in [3.8, 4) is 0 Å². The van der Waals surface area contributed by atoms with Crippen LogP contribution in [-0.2, 0) is 6.42 Å². The molecular weight excluding hydrogens is 288 g/mol. The van der Waals surface area contributed by atoms with Crippen LogP contribution in [-0.4, -0.2) is 24.7 Å². The van der Waals surface area contributed by atoms with Crippen LogP contribution in [0.15, 0.2) is 18.5 Å². The van der Waals surface area contributed by atoms with Gasteiger partial charge in [0.15, 0.2) is 0 Å². The zero-order valence-electron chi connectivity index (χ0n) is 14.2. The van der Waals surface area contributed by atoms with Crippen molar-refractivity contribution in [1.29, 1.82) is 0 Å². The van der Waals surface area contributed by atoms with Crippen LogP contribution in [0.4, 0.5) is 11.6 Å². The summed E-state index contributed by atoms with van der Waals surface area (Å²) in [5.41, 5.74) is 4.01. The number of fused-ring (bicyclic) bond motifs is 1. The number of hydrogen-bond acceptors (Lipinski definition) is 4. The number of anilines is 2. The number of aryl methyl sites for hydroxylation is 1. The van der Waals surface area contributed by atoms with Crippen molar-refractivity contribution in [3.05, 3.63) is 29.8 Å². The molecule has 0 spiro atoms. The second-order valence-corrected chi connectivity index (χ2v) is 5.95. The van der Waals surface area contributed by atoms with Crippen LogP contribution in [0, 0.1) is 6.92 Å². The molecule has 6 nitrogen and oxygen atoms in total. The molecule has 1 atom stereocenters. The van der Waals surface area contributed by atoms with Gasteiger partial charge >= 0.3 is 0 Å².